The molecular formula is C13H23N7O5. The third kappa shape index (κ3) is 6.45. The summed E-state index contributed by atoms with van der Waals surface area (Å²) in [5, 5.41) is 15.6. The maximum Gasteiger partial charge on any atom is 0.327 e. The highest BCUT2D eigenvalue weighted by atomic mass is 16.4. The van der Waals surface area contributed by atoms with Crippen LogP contribution in [0.2, 0.25) is 0 Å². The van der Waals surface area contributed by atoms with Gasteiger partial charge in [0.2, 0.25) is 23.7 Å². The Hall–Kier alpha value is -3.18. The smallest absolute Gasteiger partial charge is 0.327 e. The van der Waals surface area contributed by atoms with Gasteiger partial charge in [-0.15, -0.1) is 0 Å². The van der Waals surface area contributed by atoms with Gasteiger partial charge in [0.05, 0.1) is 5.92 Å². The molecule has 12 heteroatoms. The van der Waals surface area contributed by atoms with Gasteiger partial charge in [0, 0.05) is 26.9 Å². The van der Waals surface area contributed by atoms with Crippen LogP contribution in [0.5, 0.6) is 0 Å². The first kappa shape index (κ1) is 21.8. The third-order valence-electron chi connectivity index (χ3n) is 3.24. The zero-order valence-corrected chi connectivity index (χ0v) is 14.2. The van der Waals surface area contributed by atoms with Gasteiger partial charge in [-0.3, -0.25) is 24.7 Å². The second-order valence-electron chi connectivity index (χ2n) is 5.38. The molecule has 1 heterocycles. The predicted molar refractivity (Wildman–Crippen MR) is 88.1 cm³/mol. The summed E-state index contributed by atoms with van der Waals surface area (Å²) in [5.74, 6) is -4.57. The SMILES string of the molecule is CC(C(N)=O)[C@@H](C(=O)O)N1C(=O)CCC1=O.CN(C)C(N)=NC(=N)N. The van der Waals surface area contributed by atoms with Crippen LogP contribution in [0.1, 0.15) is 19.8 Å². The third-order valence-corrected chi connectivity index (χ3v) is 3.24. The van der Waals surface area contributed by atoms with Crippen LogP contribution in [0.3, 0.4) is 0 Å². The summed E-state index contributed by atoms with van der Waals surface area (Å²) in [5.41, 5.74) is 15.2. The van der Waals surface area contributed by atoms with E-state index in [9.17, 15) is 19.2 Å². The van der Waals surface area contributed by atoms with Crippen molar-refractivity contribution in [1.29, 1.82) is 5.41 Å². The zero-order valence-electron chi connectivity index (χ0n) is 14.2. The Balaban J connectivity index is 0.000000547. The standard InChI is InChI=1S/C9H12N2O5.C4H11N5/c1-4(8(10)14)7(9(15)16)11-5(12)2-3-6(11)13;1-9(2)4(7)8-3(5)6/h4,7H,2-3H2,1H3,(H2,10,14)(H,15,16);1-2H3,(H5,5,6,7,8)/t4?,7-;/m0./s1. The number of nitrogens with one attached hydrogen (secondary N) is 1. The molecule has 12 nitrogen and oxygen atoms in total. The zero-order chi connectivity index (χ0) is 19.9. The first-order chi connectivity index (χ1) is 11.4. The summed E-state index contributed by atoms with van der Waals surface area (Å²) in [4.78, 5) is 50.2. The molecule has 1 saturated heterocycles. The maximum absolute atomic E-state index is 11.3. The minimum Gasteiger partial charge on any atom is -0.480 e. The first-order valence-electron chi connectivity index (χ1n) is 7.12. The monoisotopic (exact) mass is 357 g/mol. The topological polar surface area (TPSA) is 209 Å². The van der Waals surface area contributed by atoms with Crippen molar-refractivity contribution < 1.29 is 24.3 Å². The number of nitrogens with zero attached hydrogens (tertiary/aromatic N) is 3. The van der Waals surface area contributed by atoms with Crippen molar-refractivity contribution in [3.05, 3.63) is 0 Å². The van der Waals surface area contributed by atoms with Crippen LogP contribution in [-0.2, 0) is 19.2 Å². The van der Waals surface area contributed by atoms with Gasteiger partial charge in [-0.05, 0) is 0 Å². The number of aliphatic imine (C=N–C) groups is 1. The lowest BCUT2D eigenvalue weighted by atomic mass is 10.00. The quantitative estimate of drug-likeness (QED) is 0.205. The Kier molecular flexibility index (Phi) is 8.03. The molecule has 1 aliphatic rings. The number of carbonyl (C=O) groups is 4. The van der Waals surface area contributed by atoms with Crippen molar-refractivity contribution in [3.8, 4) is 0 Å². The molecule has 8 N–H and O–H groups in total. The molecule has 0 aromatic rings. The van der Waals surface area contributed by atoms with Crippen LogP contribution in [0.4, 0.5) is 0 Å². The second-order valence-corrected chi connectivity index (χ2v) is 5.38. The summed E-state index contributed by atoms with van der Waals surface area (Å²) in [6, 6.07) is -1.50. The number of likely N-dealkylation sites (tertiary alicyclic amines) is 1. The summed E-state index contributed by atoms with van der Waals surface area (Å²) in [6.45, 7) is 1.28. The molecule has 1 unspecified atom stereocenters. The highest BCUT2D eigenvalue weighted by Gasteiger charge is 2.43. The molecule has 1 rings (SSSR count). The number of primary amides is 1. The molecule has 25 heavy (non-hydrogen) atoms. The summed E-state index contributed by atoms with van der Waals surface area (Å²) in [7, 11) is 3.45. The van der Waals surface area contributed by atoms with Crippen LogP contribution < -0.4 is 17.2 Å². The molecule has 0 saturated carbocycles. The molecule has 0 aromatic carbocycles. The van der Waals surface area contributed by atoms with Crippen molar-refractivity contribution in [2.75, 3.05) is 14.1 Å². The van der Waals surface area contributed by atoms with E-state index in [2.05, 4.69) is 4.99 Å². The number of hydrogen-bond acceptors (Lipinski definition) is 5. The van der Waals surface area contributed by atoms with Crippen molar-refractivity contribution >= 4 is 35.6 Å². The van der Waals surface area contributed by atoms with Gasteiger partial charge in [-0.25, -0.2) is 4.79 Å². The van der Waals surface area contributed by atoms with Crippen molar-refractivity contribution in [2.45, 2.75) is 25.8 Å². The average Bonchev–Trinajstić information content (AvgIpc) is 2.79. The molecule has 3 amide bonds. The number of hydrogen-bond donors (Lipinski definition) is 5. The van der Waals surface area contributed by atoms with Crippen LogP contribution in [-0.4, -0.2) is 70.7 Å². The number of carboxylic acids is 1. The number of nitrogens with two attached hydrogens (primary N) is 3. The number of amides is 3. The van der Waals surface area contributed by atoms with E-state index in [0.29, 0.717) is 4.90 Å². The predicted octanol–water partition coefficient (Wildman–Crippen LogP) is -2.53. The van der Waals surface area contributed by atoms with E-state index in [1.807, 2.05) is 0 Å². The highest BCUT2D eigenvalue weighted by Crippen LogP contribution is 2.20. The highest BCUT2D eigenvalue weighted by molar-refractivity contribution is 6.05. The Morgan fingerprint density at radius 2 is 1.64 bits per heavy atom. The second kappa shape index (κ2) is 9.20. The lowest BCUT2D eigenvalue weighted by molar-refractivity contribution is -0.157. The number of carbonyl (C=O) groups excluding carboxylic acids is 3. The van der Waals surface area contributed by atoms with Gasteiger partial charge >= 0.3 is 5.97 Å². The van der Waals surface area contributed by atoms with Gasteiger partial charge in [-0.1, -0.05) is 6.92 Å². The van der Waals surface area contributed by atoms with E-state index in [1.165, 1.54) is 6.92 Å². The normalized spacial score (nSPS) is 16.6. The largest absolute Gasteiger partial charge is 0.480 e. The van der Waals surface area contributed by atoms with Crippen molar-refractivity contribution in [3.63, 3.8) is 0 Å². The average molecular weight is 357 g/mol. The summed E-state index contributed by atoms with van der Waals surface area (Å²) >= 11 is 0. The van der Waals surface area contributed by atoms with Crippen LogP contribution in [0.15, 0.2) is 4.99 Å². The van der Waals surface area contributed by atoms with Gasteiger partial charge in [-0.2, -0.15) is 4.99 Å². The molecule has 0 aliphatic carbocycles. The molecule has 1 fully saturated rings. The van der Waals surface area contributed by atoms with E-state index >= 15 is 0 Å². The molecule has 1 aliphatic heterocycles. The van der Waals surface area contributed by atoms with E-state index in [0.717, 1.165) is 0 Å². The van der Waals surface area contributed by atoms with Gasteiger partial charge < -0.3 is 27.2 Å². The molecule has 0 aromatic heterocycles. The molecule has 0 radical (unpaired) electrons. The van der Waals surface area contributed by atoms with E-state index in [4.69, 9.17) is 27.7 Å². The van der Waals surface area contributed by atoms with Crippen LogP contribution in [0, 0.1) is 11.3 Å². The van der Waals surface area contributed by atoms with Gasteiger partial charge in [0.25, 0.3) is 0 Å². The molecule has 0 spiro atoms. The fourth-order valence-electron chi connectivity index (χ4n) is 1.83. The maximum atomic E-state index is 11.3. The molecule has 2 atom stereocenters. The Bertz CT molecular complexity index is 586. The number of rotatable bonds is 4. The first-order valence-corrected chi connectivity index (χ1v) is 7.12. The molecular weight excluding hydrogens is 334 g/mol. The number of imide groups is 1. The fraction of sp³-hybridized carbons (Fsp3) is 0.538. The summed E-state index contributed by atoms with van der Waals surface area (Å²) in [6.07, 6.45) is -0.0395. The lowest BCUT2D eigenvalue weighted by Crippen LogP contribution is -2.51. The minimum atomic E-state index is -1.50. The Labute approximate surface area is 144 Å². The molecule has 140 valence electrons. The van der Waals surface area contributed by atoms with Crippen LogP contribution in [0.25, 0.3) is 0 Å². The Morgan fingerprint density at radius 1 is 1.20 bits per heavy atom. The number of aliphatic carboxylic acids is 1. The lowest BCUT2D eigenvalue weighted by Gasteiger charge is -2.25. The molecule has 0 bridgehead atoms. The summed E-state index contributed by atoms with van der Waals surface area (Å²) < 4.78 is 0. The Morgan fingerprint density at radius 3 is 1.88 bits per heavy atom. The number of guanidine groups is 2. The van der Waals surface area contributed by atoms with E-state index in [1.54, 1.807) is 19.0 Å². The van der Waals surface area contributed by atoms with Gasteiger partial charge in [0.15, 0.2) is 5.96 Å². The van der Waals surface area contributed by atoms with Gasteiger partial charge in [0.1, 0.15) is 6.04 Å². The fourth-order valence-corrected chi connectivity index (χ4v) is 1.83. The van der Waals surface area contributed by atoms with Crippen molar-refractivity contribution in [2.24, 2.45) is 28.1 Å². The van der Waals surface area contributed by atoms with E-state index < -0.39 is 35.7 Å². The number of carboxylic acid groups (broad SMARTS) is 1. The van der Waals surface area contributed by atoms with E-state index in [-0.39, 0.29) is 24.8 Å². The van der Waals surface area contributed by atoms with Crippen molar-refractivity contribution in [1.82, 2.24) is 9.80 Å². The van der Waals surface area contributed by atoms with Crippen LogP contribution >= 0.6 is 0 Å². The minimum absolute atomic E-state index is 0.0197.